The average molecular weight is 378 g/mol. The van der Waals surface area contributed by atoms with Crippen molar-refractivity contribution < 1.29 is 4.79 Å². The Bertz CT molecular complexity index is 391. The molecule has 0 spiro atoms. The van der Waals surface area contributed by atoms with Gasteiger partial charge in [0.25, 0.3) is 0 Å². The molecule has 0 saturated carbocycles. The summed E-state index contributed by atoms with van der Waals surface area (Å²) in [7, 11) is 2.17. The average Bonchev–Trinajstić information content (AvgIpc) is 2.64. The highest BCUT2D eigenvalue weighted by Gasteiger charge is 2.42. The summed E-state index contributed by atoms with van der Waals surface area (Å²) in [6, 6.07) is 0.384. The second-order valence-corrected chi connectivity index (χ2v) is 8.74. The van der Waals surface area contributed by atoms with E-state index in [1.807, 2.05) is 12.2 Å². The molecule has 0 unspecified atom stereocenters. The van der Waals surface area contributed by atoms with Crippen molar-refractivity contribution in [1.29, 1.82) is 0 Å². The number of ketones is 1. The van der Waals surface area contributed by atoms with Gasteiger partial charge in [0.2, 0.25) is 0 Å². The maximum absolute atomic E-state index is 13.4. The second-order valence-electron chi connectivity index (χ2n) is 8.74. The van der Waals surface area contributed by atoms with Crippen LogP contribution in [-0.2, 0) is 4.79 Å². The molecule has 0 N–H and O–H groups in total. The molecule has 158 valence electrons. The van der Waals surface area contributed by atoms with E-state index in [0.717, 1.165) is 38.5 Å². The number of carbonyl (C=O) groups excluding carboxylic acids is 1. The zero-order valence-corrected chi connectivity index (χ0v) is 19.1. The molecule has 0 bridgehead atoms. The molecule has 0 heterocycles. The van der Waals surface area contributed by atoms with Crippen molar-refractivity contribution >= 4 is 5.78 Å². The first-order valence-corrected chi connectivity index (χ1v) is 11.3. The quantitative estimate of drug-likeness (QED) is 0.184. The highest BCUT2D eigenvalue weighted by molar-refractivity contribution is 5.90. The maximum Gasteiger partial charge on any atom is 0.155 e. The van der Waals surface area contributed by atoms with Gasteiger partial charge >= 0.3 is 0 Å². The molecule has 0 radical (unpaired) electrons. The second kappa shape index (κ2) is 15.1. The number of rotatable bonds is 18. The molecule has 0 aliphatic carbocycles. The van der Waals surface area contributed by atoms with Crippen LogP contribution < -0.4 is 0 Å². The number of likely N-dealkylation sites (N-methyl/N-ethyl adjacent to an activating group) is 1. The minimum absolute atomic E-state index is 0.0905. The lowest BCUT2D eigenvalue weighted by Gasteiger charge is -2.44. The number of Topliss-reactive ketones (excluding diaryl/α,β-unsaturated/α-hetero) is 1. The lowest BCUT2D eigenvalue weighted by molar-refractivity contribution is -0.136. The predicted octanol–water partition coefficient (Wildman–Crippen LogP) is 7.34. The number of hydrogen-bond acceptors (Lipinski definition) is 2. The molecule has 0 aromatic rings. The Morgan fingerprint density at radius 1 is 0.815 bits per heavy atom. The fourth-order valence-electron chi connectivity index (χ4n) is 4.05. The molecule has 0 aromatic carbocycles. The number of allylic oxidation sites excluding steroid dienone is 2. The van der Waals surface area contributed by atoms with E-state index in [1.165, 1.54) is 38.5 Å². The first-order valence-electron chi connectivity index (χ1n) is 11.3. The van der Waals surface area contributed by atoms with Gasteiger partial charge in [-0.3, -0.25) is 9.69 Å². The van der Waals surface area contributed by atoms with Crippen molar-refractivity contribution in [3.05, 3.63) is 25.3 Å². The van der Waals surface area contributed by atoms with Crippen molar-refractivity contribution in [3.8, 4) is 0 Å². The van der Waals surface area contributed by atoms with E-state index < -0.39 is 0 Å². The zero-order valence-electron chi connectivity index (χ0n) is 19.1. The van der Waals surface area contributed by atoms with Crippen LogP contribution in [0.4, 0.5) is 0 Å². The van der Waals surface area contributed by atoms with Crippen molar-refractivity contribution in [2.75, 3.05) is 7.05 Å². The molecule has 2 nitrogen and oxygen atoms in total. The van der Waals surface area contributed by atoms with Gasteiger partial charge in [-0.15, -0.1) is 13.2 Å². The van der Waals surface area contributed by atoms with Gasteiger partial charge < -0.3 is 0 Å². The third kappa shape index (κ3) is 9.74. The summed E-state index contributed by atoms with van der Waals surface area (Å²) in [4.78, 5) is 15.8. The van der Waals surface area contributed by atoms with E-state index in [2.05, 4.69) is 52.8 Å². The van der Waals surface area contributed by atoms with Crippen LogP contribution in [0.3, 0.4) is 0 Å². The van der Waals surface area contributed by atoms with Gasteiger partial charge in [0.1, 0.15) is 0 Å². The first kappa shape index (κ1) is 26.1. The SMILES string of the molecule is C=CCCCCCCC(CCCCCCC=C)(C(=O)C(C)C)N(C)C(C)C. The van der Waals surface area contributed by atoms with Crippen molar-refractivity contribution in [2.24, 2.45) is 5.92 Å². The van der Waals surface area contributed by atoms with Crippen molar-refractivity contribution in [2.45, 2.75) is 116 Å². The van der Waals surface area contributed by atoms with Crippen molar-refractivity contribution in [3.63, 3.8) is 0 Å². The van der Waals surface area contributed by atoms with Crippen LogP contribution in [-0.4, -0.2) is 29.3 Å². The molecular weight excluding hydrogens is 330 g/mol. The summed E-state index contributed by atoms with van der Waals surface area (Å²) < 4.78 is 0. The van der Waals surface area contributed by atoms with Gasteiger partial charge in [0, 0.05) is 12.0 Å². The molecule has 0 aliphatic rings. The molecule has 0 saturated heterocycles. The molecule has 0 fully saturated rings. The minimum Gasteiger partial charge on any atom is -0.297 e. The fraction of sp³-hybridized carbons (Fsp3) is 0.800. The topological polar surface area (TPSA) is 20.3 Å². The van der Waals surface area contributed by atoms with E-state index in [1.54, 1.807) is 0 Å². The van der Waals surface area contributed by atoms with E-state index >= 15 is 0 Å². The Labute approximate surface area is 170 Å². The Balaban J connectivity index is 5.04. The lowest BCUT2D eigenvalue weighted by atomic mass is 9.77. The molecule has 0 rings (SSSR count). The number of nitrogens with zero attached hydrogens (tertiary/aromatic N) is 1. The van der Waals surface area contributed by atoms with Gasteiger partial charge in [0.15, 0.2) is 5.78 Å². The molecule has 0 atom stereocenters. The normalized spacial score (nSPS) is 12.1. The van der Waals surface area contributed by atoms with Crippen LogP contribution >= 0.6 is 0 Å². The Kier molecular flexibility index (Phi) is 14.6. The Morgan fingerprint density at radius 2 is 1.22 bits per heavy atom. The Hall–Kier alpha value is -0.890. The highest BCUT2D eigenvalue weighted by Crippen LogP contribution is 2.33. The third-order valence-corrected chi connectivity index (χ3v) is 5.93. The standard InChI is InChI=1S/C25H47NO/c1-8-10-12-14-16-18-20-25(24(27)22(3)4,26(7)23(5)6)21-19-17-15-13-11-9-2/h8-9,22-23H,1-2,10-21H2,3-7H3. The Morgan fingerprint density at radius 3 is 1.56 bits per heavy atom. The lowest BCUT2D eigenvalue weighted by Crippen LogP contribution is -2.56. The van der Waals surface area contributed by atoms with Crippen LogP contribution in [0.1, 0.15) is 105 Å². The van der Waals surface area contributed by atoms with Gasteiger partial charge in [0.05, 0.1) is 5.54 Å². The summed E-state index contributed by atoms with van der Waals surface area (Å²) in [5, 5.41) is 0. The predicted molar refractivity (Wildman–Crippen MR) is 121 cm³/mol. The molecule has 0 aliphatic heterocycles. The monoisotopic (exact) mass is 377 g/mol. The molecule has 2 heteroatoms. The van der Waals surface area contributed by atoms with Crippen LogP contribution in [0, 0.1) is 5.92 Å². The fourth-order valence-corrected chi connectivity index (χ4v) is 4.05. The third-order valence-electron chi connectivity index (χ3n) is 5.93. The van der Waals surface area contributed by atoms with Gasteiger partial charge in [-0.05, 0) is 59.4 Å². The van der Waals surface area contributed by atoms with E-state index in [-0.39, 0.29) is 11.5 Å². The summed E-state index contributed by atoms with van der Waals surface area (Å²) in [6.45, 7) is 16.2. The molecule has 27 heavy (non-hydrogen) atoms. The maximum atomic E-state index is 13.4. The van der Waals surface area contributed by atoms with Gasteiger partial charge in [-0.1, -0.05) is 64.5 Å². The highest BCUT2D eigenvalue weighted by atomic mass is 16.1. The van der Waals surface area contributed by atoms with Crippen LogP contribution in [0.25, 0.3) is 0 Å². The summed E-state index contributed by atoms with van der Waals surface area (Å²) in [6.07, 6.45) is 17.9. The summed E-state index contributed by atoms with van der Waals surface area (Å²) in [5.74, 6) is 0.531. The van der Waals surface area contributed by atoms with Crippen molar-refractivity contribution in [1.82, 2.24) is 4.90 Å². The smallest absolute Gasteiger partial charge is 0.155 e. The largest absolute Gasteiger partial charge is 0.297 e. The first-order chi connectivity index (χ1) is 12.8. The molecule has 0 aromatic heterocycles. The van der Waals surface area contributed by atoms with Crippen LogP contribution in [0.5, 0.6) is 0 Å². The van der Waals surface area contributed by atoms with Gasteiger partial charge in [-0.25, -0.2) is 0 Å². The summed E-state index contributed by atoms with van der Waals surface area (Å²) >= 11 is 0. The van der Waals surface area contributed by atoms with E-state index in [9.17, 15) is 4.79 Å². The molecule has 0 amide bonds. The van der Waals surface area contributed by atoms with Gasteiger partial charge in [-0.2, -0.15) is 0 Å². The van der Waals surface area contributed by atoms with Crippen LogP contribution in [0.15, 0.2) is 25.3 Å². The number of unbranched alkanes of at least 4 members (excludes halogenated alkanes) is 8. The molecular formula is C25H47NO. The van der Waals surface area contributed by atoms with E-state index in [0.29, 0.717) is 11.8 Å². The summed E-state index contributed by atoms with van der Waals surface area (Å²) in [5.41, 5.74) is -0.292. The van der Waals surface area contributed by atoms with Crippen LogP contribution in [0.2, 0.25) is 0 Å². The minimum atomic E-state index is -0.292. The number of carbonyl (C=O) groups is 1. The number of hydrogen-bond donors (Lipinski definition) is 0. The zero-order chi connectivity index (χ0) is 20.7. The van der Waals surface area contributed by atoms with E-state index in [4.69, 9.17) is 0 Å².